The van der Waals surface area contributed by atoms with Crippen molar-refractivity contribution in [2.45, 2.75) is 51.6 Å². The van der Waals surface area contributed by atoms with Crippen molar-refractivity contribution in [2.24, 2.45) is 5.41 Å². The van der Waals surface area contributed by atoms with Gasteiger partial charge in [0.15, 0.2) is 0 Å². The van der Waals surface area contributed by atoms with Crippen molar-refractivity contribution in [1.29, 1.82) is 0 Å². The van der Waals surface area contributed by atoms with Crippen LogP contribution in [0.2, 0.25) is 0 Å². The number of aliphatic hydroxyl groups is 1. The van der Waals surface area contributed by atoms with Crippen LogP contribution < -0.4 is 0 Å². The van der Waals surface area contributed by atoms with Crippen LogP contribution in [0.5, 0.6) is 0 Å². The van der Waals surface area contributed by atoms with Gasteiger partial charge >= 0.3 is 0 Å². The maximum Gasteiger partial charge on any atom is 0.0967 e. The second-order valence-electron chi connectivity index (χ2n) is 6.64. The van der Waals surface area contributed by atoms with Crippen LogP contribution >= 0.6 is 11.3 Å². The molecule has 19 heavy (non-hydrogen) atoms. The molecule has 1 N–H and O–H groups in total. The van der Waals surface area contributed by atoms with Crippen molar-refractivity contribution in [1.82, 2.24) is 4.98 Å². The summed E-state index contributed by atoms with van der Waals surface area (Å²) in [6, 6.07) is 8.21. The first-order valence-corrected chi connectivity index (χ1v) is 7.84. The lowest BCUT2D eigenvalue weighted by atomic mass is 9.70. The molecule has 2 aromatic rings. The van der Waals surface area contributed by atoms with E-state index in [-0.39, 0.29) is 0 Å². The Morgan fingerprint density at radius 2 is 1.84 bits per heavy atom. The van der Waals surface area contributed by atoms with Crippen LogP contribution in [0.15, 0.2) is 24.3 Å². The lowest BCUT2D eigenvalue weighted by Crippen LogP contribution is -2.38. The van der Waals surface area contributed by atoms with Gasteiger partial charge in [0, 0.05) is 6.42 Å². The second kappa shape index (κ2) is 4.57. The van der Waals surface area contributed by atoms with E-state index in [9.17, 15) is 5.11 Å². The fourth-order valence-electron chi connectivity index (χ4n) is 2.85. The average Bonchev–Trinajstić information content (AvgIpc) is 2.75. The molecule has 2 nitrogen and oxygen atoms in total. The number of fused-ring (bicyclic) bond motifs is 1. The van der Waals surface area contributed by atoms with Crippen molar-refractivity contribution in [3.05, 3.63) is 29.3 Å². The summed E-state index contributed by atoms with van der Waals surface area (Å²) >= 11 is 1.72. The largest absolute Gasteiger partial charge is 0.389 e. The van der Waals surface area contributed by atoms with Gasteiger partial charge < -0.3 is 5.11 Å². The third-order valence-corrected chi connectivity index (χ3v) is 5.39. The van der Waals surface area contributed by atoms with E-state index in [1.165, 1.54) is 4.70 Å². The van der Waals surface area contributed by atoms with Crippen LogP contribution in [0.25, 0.3) is 10.2 Å². The summed E-state index contributed by atoms with van der Waals surface area (Å²) in [7, 11) is 0. The molecular weight excluding hydrogens is 254 g/mol. The minimum atomic E-state index is -0.538. The maximum atomic E-state index is 10.7. The van der Waals surface area contributed by atoms with Gasteiger partial charge in [-0.3, -0.25) is 0 Å². The molecule has 1 aliphatic carbocycles. The van der Waals surface area contributed by atoms with Gasteiger partial charge in [0.25, 0.3) is 0 Å². The van der Waals surface area contributed by atoms with E-state index in [4.69, 9.17) is 0 Å². The SMILES string of the molecule is CC1(C)CCC(O)(Cc2nc3ccccc3s2)CC1. The Morgan fingerprint density at radius 3 is 2.53 bits per heavy atom. The lowest BCUT2D eigenvalue weighted by Gasteiger charge is -2.39. The average molecular weight is 275 g/mol. The molecular formula is C16H21NOS. The highest BCUT2D eigenvalue weighted by Crippen LogP contribution is 2.42. The van der Waals surface area contributed by atoms with E-state index >= 15 is 0 Å². The number of rotatable bonds is 2. The zero-order chi connectivity index (χ0) is 13.5. The second-order valence-corrected chi connectivity index (χ2v) is 7.76. The van der Waals surface area contributed by atoms with Crippen molar-refractivity contribution in [3.8, 4) is 0 Å². The molecule has 0 unspecified atom stereocenters. The Hall–Kier alpha value is -0.930. The molecule has 0 bridgehead atoms. The number of nitrogens with zero attached hydrogens (tertiary/aromatic N) is 1. The molecule has 0 radical (unpaired) electrons. The highest BCUT2D eigenvalue weighted by molar-refractivity contribution is 7.18. The fourth-order valence-corrected chi connectivity index (χ4v) is 3.95. The van der Waals surface area contributed by atoms with Crippen molar-refractivity contribution in [3.63, 3.8) is 0 Å². The molecule has 102 valence electrons. The molecule has 1 aliphatic rings. The summed E-state index contributed by atoms with van der Waals surface area (Å²) < 4.78 is 1.22. The van der Waals surface area contributed by atoms with Gasteiger partial charge in [-0.25, -0.2) is 4.98 Å². The molecule has 1 aromatic carbocycles. The summed E-state index contributed by atoms with van der Waals surface area (Å²) in [5.74, 6) is 0. The minimum absolute atomic E-state index is 0.389. The first-order valence-electron chi connectivity index (χ1n) is 7.03. The predicted octanol–water partition coefficient (Wildman–Crippen LogP) is 4.17. The van der Waals surface area contributed by atoms with Crippen LogP contribution in [0, 0.1) is 5.41 Å². The van der Waals surface area contributed by atoms with Gasteiger partial charge in [-0.15, -0.1) is 11.3 Å². The number of benzene rings is 1. The van der Waals surface area contributed by atoms with Gasteiger partial charge in [0.2, 0.25) is 0 Å². The Labute approximate surface area is 118 Å². The van der Waals surface area contributed by atoms with Gasteiger partial charge in [-0.05, 0) is 43.2 Å². The molecule has 3 heteroatoms. The monoisotopic (exact) mass is 275 g/mol. The van der Waals surface area contributed by atoms with Crippen molar-refractivity contribution < 1.29 is 5.11 Å². The predicted molar refractivity (Wildman–Crippen MR) is 80.5 cm³/mol. The molecule has 0 saturated heterocycles. The molecule has 0 atom stereocenters. The molecule has 0 amide bonds. The number of para-hydroxylation sites is 1. The zero-order valence-electron chi connectivity index (χ0n) is 11.6. The van der Waals surface area contributed by atoms with E-state index in [0.29, 0.717) is 11.8 Å². The Balaban J connectivity index is 1.77. The van der Waals surface area contributed by atoms with E-state index in [0.717, 1.165) is 36.2 Å². The topological polar surface area (TPSA) is 33.1 Å². The van der Waals surface area contributed by atoms with Gasteiger partial charge in [-0.2, -0.15) is 0 Å². The van der Waals surface area contributed by atoms with Gasteiger partial charge in [-0.1, -0.05) is 26.0 Å². The molecule has 3 rings (SSSR count). The molecule has 1 aromatic heterocycles. The summed E-state index contributed by atoms with van der Waals surface area (Å²) in [6.45, 7) is 4.59. The van der Waals surface area contributed by atoms with Gasteiger partial charge in [0.1, 0.15) is 0 Å². The Kier molecular flexibility index (Phi) is 3.14. The Bertz CT molecular complexity index is 544. The van der Waals surface area contributed by atoms with Crippen LogP contribution in [0.1, 0.15) is 44.5 Å². The summed E-state index contributed by atoms with van der Waals surface area (Å²) in [5.41, 5.74) is 0.908. The number of hydrogen-bond donors (Lipinski definition) is 1. The number of aromatic nitrogens is 1. The smallest absolute Gasteiger partial charge is 0.0967 e. The lowest BCUT2D eigenvalue weighted by molar-refractivity contribution is -0.0251. The van der Waals surface area contributed by atoms with E-state index < -0.39 is 5.60 Å². The normalized spacial score (nSPS) is 21.6. The first kappa shape index (κ1) is 13.1. The Morgan fingerprint density at radius 1 is 1.16 bits per heavy atom. The molecule has 1 heterocycles. The molecule has 0 spiro atoms. The van der Waals surface area contributed by atoms with Crippen LogP contribution in [0.4, 0.5) is 0 Å². The third-order valence-electron chi connectivity index (χ3n) is 4.35. The first-order chi connectivity index (χ1) is 8.96. The van der Waals surface area contributed by atoms with Crippen LogP contribution in [0.3, 0.4) is 0 Å². The zero-order valence-corrected chi connectivity index (χ0v) is 12.5. The quantitative estimate of drug-likeness (QED) is 0.892. The van der Waals surface area contributed by atoms with E-state index in [2.05, 4.69) is 24.9 Å². The van der Waals surface area contributed by atoms with E-state index in [1.807, 2.05) is 18.2 Å². The number of thiazole rings is 1. The highest BCUT2D eigenvalue weighted by Gasteiger charge is 2.37. The van der Waals surface area contributed by atoms with Crippen LogP contribution in [-0.2, 0) is 6.42 Å². The summed E-state index contributed by atoms with van der Waals surface area (Å²) in [4.78, 5) is 4.65. The number of hydrogen-bond acceptors (Lipinski definition) is 3. The van der Waals surface area contributed by atoms with Crippen LogP contribution in [-0.4, -0.2) is 15.7 Å². The minimum Gasteiger partial charge on any atom is -0.389 e. The molecule has 1 saturated carbocycles. The van der Waals surface area contributed by atoms with Crippen molar-refractivity contribution >= 4 is 21.6 Å². The highest BCUT2D eigenvalue weighted by atomic mass is 32.1. The van der Waals surface area contributed by atoms with Gasteiger partial charge in [0.05, 0.1) is 20.8 Å². The molecule has 0 aliphatic heterocycles. The van der Waals surface area contributed by atoms with E-state index in [1.54, 1.807) is 11.3 Å². The van der Waals surface area contributed by atoms with Crippen molar-refractivity contribution in [2.75, 3.05) is 0 Å². The summed E-state index contributed by atoms with van der Waals surface area (Å²) in [6.07, 6.45) is 4.72. The fraction of sp³-hybridized carbons (Fsp3) is 0.562. The third kappa shape index (κ3) is 2.82. The summed E-state index contributed by atoms with van der Waals surface area (Å²) in [5, 5.41) is 11.8. The maximum absolute atomic E-state index is 10.7. The molecule has 1 fully saturated rings. The standard InChI is InChI=1S/C16H21NOS/c1-15(2)7-9-16(18,10-8-15)11-14-17-12-5-3-4-6-13(12)19-14/h3-6,18H,7-11H2,1-2H3.